The fourth-order valence-corrected chi connectivity index (χ4v) is 4.15. The lowest BCUT2D eigenvalue weighted by Gasteiger charge is -2.34. The monoisotopic (exact) mass is 343 g/mol. The van der Waals surface area contributed by atoms with E-state index in [1.54, 1.807) is 0 Å². The van der Waals surface area contributed by atoms with Crippen LogP contribution < -0.4 is 5.32 Å². The van der Waals surface area contributed by atoms with Gasteiger partial charge in [-0.25, -0.2) is 9.97 Å². The number of benzene rings is 1. The van der Waals surface area contributed by atoms with Gasteiger partial charge in [-0.15, -0.1) is 0 Å². The van der Waals surface area contributed by atoms with Crippen LogP contribution in [-0.2, 0) is 4.79 Å². The Bertz CT molecular complexity index is 734. The molecule has 0 bridgehead atoms. The number of nitrogens with zero attached hydrogens (tertiary/aromatic N) is 2. The Hall–Kier alpha value is -1.62. The van der Waals surface area contributed by atoms with E-state index >= 15 is 0 Å². The number of carbonyl (C=O) groups excluding carboxylic acids is 1. The van der Waals surface area contributed by atoms with E-state index in [4.69, 9.17) is 0 Å². The zero-order chi connectivity index (χ0) is 17.1. The van der Waals surface area contributed by atoms with Crippen molar-refractivity contribution in [3.05, 3.63) is 30.0 Å². The minimum atomic E-state index is 0.0975. The molecule has 1 N–H and O–H groups in total. The molecular formula is C19H25N3OS. The summed E-state index contributed by atoms with van der Waals surface area (Å²) >= 11 is 1.47. The minimum Gasteiger partial charge on any atom is -0.352 e. The lowest BCUT2D eigenvalue weighted by Crippen LogP contribution is -2.44. The van der Waals surface area contributed by atoms with Gasteiger partial charge in [0.25, 0.3) is 0 Å². The SMILES string of the molecule is Cc1nc2ccccc2nc1SCC(=O)N[C@H]1CCC[C@H](C)[C@@H]1C. The molecule has 0 radical (unpaired) electrons. The first-order valence-electron chi connectivity index (χ1n) is 8.70. The summed E-state index contributed by atoms with van der Waals surface area (Å²) in [6.45, 7) is 6.48. The maximum absolute atomic E-state index is 12.3. The third-order valence-electron chi connectivity index (χ3n) is 5.09. The number of carbonyl (C=O) groups is 1. The number of para-hydroxylation sites is 2. The van der Waals surface area contributed by atoms with Crippen LogP contribution in [0.5, 0.6) is 0 Å². The largest absolute Gasteiger partial charge is 0.352 e. The molecule has 0 unspecified atom stereocenters. The smallest absolute Gasteiger partial charge is 0.230 e. The number of thioether (sulfide) groups is 1. The summed E-state index contributed by atoms with van der Waals surface area (Å²) in [5, 5.41) is 4.06. The summed E-state index contributed by atoms with van der Waals surface area (Å²) in [7, 11) is 0. The van der Waals surface area contributed by atoms with E-state index in [-0.39, 0.29) is 5.91 Å². The zero-order valence-electron chi connectivity index (χ0n) is 14.6. The highest BCUT2D eigenvalue weighted by Gasteiger charge is 2.28. The van der Waals surface area contributed by atoms with Crippen LogP contribution in [0.1, 0.15) is 38.8 Å². The number of hydrogen-bond donors (Lipinski definition) is 1. The normalized spacial score (nSPS) is 24.0. The van der Waals surface area contributed by atoms with Crippen LogP contribution in [0, 0.1) is 18.8 Å². The van der Waals surface area contributed by atoms with Crippen LogP contribution in [0.2, 0.25) is 0 Å². The van der Waals surface area contributed by atoms with Crippen LogP contribution in [0.3, 0.4) is 0 Å². The highest BCUT2D eigenvalue weighted by Crippen LogP contribution is 2.29. The Labute approximate surface area is 147 Å². The fourth-order valence-electron chi connectivity index (χ4n) is 3.38. The minimum absolute atomic E-state index is 0.0975. The topological polar surface area (TPSA) is 54.9 Å². The summed E-state index contributed by atoms with van der Waals surface area (Å²) < 4.78 is 0. The van der Waals surface area contributed by atoms with Crippen molar-refractivity contribution >= 4 is 28.7 Å². The fraction of sp³-hybridized carbons (Fsp3) is 0.526. The number of aromatic nitrogens is 2. The number of rotatable bonds is 4. The molecule has 2 aromatic rings. The van der Waals surface area contributed by atoms with Gasteiger partial charge >= 0.3 is 0 Å². The van der Waals surface area contributed by atoms with Crippen LogP contribution in [0.4, 0.5) is 0 Å². The molecule has 24 heavy (non-hydrogen) atoms. The van der Waals surface area contributed by atoms with Crippen molar-refractivity contribution in [3.63, 3.8) is 0 Å². The molecule has 1 saturated carbocycles. The predicted octanol–water partition coefficient (Wildman–Crippen LogP) is 3.97. The first-order valence-corrected chi connectivity index (χ1v) is 9.68. The van der Waals surface area contributed by atoms with E-state index in [1.807, 2.05) is 31.2 Å². The standard InChI is InChI=1S/C19H25N3OS/c1-12-7-6-10-15(13(12)2)21-18(23)11-24-19-14(3)20-16-8-4-5-9-17(16)22-19/h4-5,8-9,12-13,15H,6-7,10-11H2,1-3H3,(H,21,23)/t12-,13-,15-/m0/s1. The Morgan fingerprint density at radius 3 is 2.67 bits per heavy atom. The molecule has 0 aliphatic heterocycles. The van der Waals surface area contributed by atoms with Crippen LogP contribution >= 0.6 is 11.8 Å². The number of hydrogen-bond acceptors (Lipinski definition) is 4. The van der Waals surface area contributed by atoms with E-state index in [0.29, 0.717) is 23.6 Å². The van der Waals surface area contributed by atoms with Gasteiger partial charge in [-0.2, -0.15) is 0 Å². The van der Waals surface area contributed by atoms with Gasteiger partial charge in [0.05, 0.1) is 22.5 Å². The Morgan fingerprint density at radius 2 is 1.92 bits per heavy atom. The molecule has 5 heteroatoms. The summed E-state index contributed by atoms with van der Waals surface area (Å²) in [4.78, 5) is 21.5. The number of nitrogens with one attached hydrogen (secondary N) is 1. The number of fused-ring (bicyclic) bond motifs is 1. The molecule has 1 aromatic carbocycles. The van der Waals surface area contributed by atoms with E-state index < -0.39 is 0 Å². The van der Waals surface area contributed by atoms with E-state index in [0.717, 1.165) is 28.2 Å². The van der Waals surface area contributed by atoms with Gasteiger partial charge in [0.1, 0.15) is 5.03 Å². The Morgan fingerprint density at radius 1 is 1.21 bits per heavy atom. The maximum atomic E-state index is 12.3. The molecule has 1 aliphatic carbocycles. The summed E-state index contributed by atoms with van der Waals surface area (Å²) in [5.41, 5.74) is 2.65. The molecule has 128 valence electrons. The zero-order valence-corrected chi connectivity index (χ0v) is 15.4. The van der Waals surface area contributed by atoms with E-state index in [9.17, 15) is 4.79 Å². The molecule has 1 amide bonds. The third-order valence-corrected chi connectivity index (χ3v) is 6.16. The van der Waals surface area contributed by atoms with Crippen LogP contribution in [0.25, 0.3) is 11.0 Å². The van der Waals surface area contributed by atoms with Gasteiger partial charge in [0.2, 0.25) is 5.91 Å². The maximum Gasteiger partial charge on any atom is 0.230 e. The van der Waals surface area contributed by atoms with E-state index in [2.05, 4.69) is 29.1 Å². The second kappa shape index (κ2) is 7.51. The molecule has 0 saturated heterocycles. The second-order valence-electron chi connectivity index (χ2n) is 6.83. The van der Waals surface area contributed by atoms with Crippen molar-refractivity contribution in [2.75, 3.05) is 5.75 Å². The quantitative estimate of drug-likeness (QED) is 0.854. The molecule has 3 atom stereocenters. The molecule has 1 aromatic heterocycles. The van der Waals surface area contributed by atoms with E-state index in [1.165, 1.54) is 24.6 Å². The third kappa shape index (κ3) is 3.89. The second-order valence-corrected chi connectivity index (χ2v) is 7.80. The highest BCUT2D eigenvalue weighted by atomic mass is 32.2. The lowest BCUT2D eigenvalue weighted by molar-refractivity contribution is -0.119. The van der Waals surface area contributed by atoms with Crippen molar-refractivity contribution in [3.8, 4) is 0 Å². The first-order chi connectivity index (χ1) is 11.5. The van der Waals surface area contributed by atoms with Gasteiger partial charge in [-0.05, 0) is 37.3 Å². The summed E-state index contributed by atoms with van der Waals surface area (Å²) in [6, 6.07) is 8.15. The van der Waals surface area contributed by atoms with Crippen molar-refractivity contribution in [2.24, 2.45) is 11.8 Å². The summed E-state index contributed by atoms with van der Waals surface area (Å²) in [5.74, 6) is 1.73. The van der Waals surface area contributed by atoms with Crippen LogP contribution in [0.15, 0.2) is 29.3 Å². The molecule has 1 aliphatic rings. The molecule has 1 fully saturated rings. The predicted molar refractivity (Wildman–Crippen MR) is 99.1 cm³/mol. The average molecular weight is 343 g/mol. The summed E-state index contributed by atoms with van der Waals surface area (Å²) in [6.07, 6.45) is 3.57. The lowest BCUT2D eigenvalue weighted by atomic mass is 9.78. The molecule has 3 rings (SSSR count). The van der Waals surface area contributed by atoms with Gasteiger partial charge in [-0.1, -0.05) is 50.6 Å². The number of amides is 1. The van der Waals surface area contributed by atoms with Crippen molar-refractivity contribution in [1.29, 1.82) is 0 Å². The van der Waals surface area contributed by atoms with Crippen LogP contribution in [-0.4, -0.2) is 27.7 Å². The van der Waals surface area contributed by atoms with Gasteiger partial charge < -0.3 is 5.32 Å². The molecular weight excluding hydrogens is 318 g/mol. The van der Waals surface area contributed by atoms with Crippen molar-refractivity contribution in [1.82, 2.24) is 15.3 Å². The van der Waals surface area contributed by atoms with Gasteiger partial charge in [-0.3, -0.25) is 4.79 Å². The van der Waals surface area contributed by atoms with Gasteiger partial charge in [0.15, 0.2) is 0 Å². The molecule has 0 spiro atoms. The Balaban J connectivity index is 1.61. The molecule has 1 heterocycles. The highest BCUT2D eigenvalue weighted by molar-refractivity contribution is 7.99. The number of aryl methyl sites for hydroxylation is 1. The average Bonchev–Trinajstić information content (AvgIpc) is 2.57. The Kier molecular flexibility index (Phi) is 5.39. The van der Waals surface area contributed by atoms with Crippen molar-refractivity contribution < 1.29 is 4.79 Å². The van der Waals surface area contributed by atoms with Crippen molar-refractivity contribution in [2.45, 2.75) is 51.1 Å². The van der Waals surface area contributed by atoms with Gasteiger partial charge in [0, 0.05) is 6.04 Å². The molecule has 4 nitrogen and oxygen atoms in total. The first kappa shape index (κ1) is 17.2.